The summed E-state index contributed by atoms with van der Waals surface area (Å²) in [6.07, 6.45) is 2.23. The van der Waals surface area contributed by atoms with Gasteiger partial charge >= 0.3 is 0 Å². The van der Waals surface area contributed by atoms with Crippen LogP contribution in [0, 0.1) is 3.57 Å². The molecule has 0 radical (unpaired) electrons. The Labute approximate surface area is 174 Å². The molecule has 3 rings (SSSR count). The van der Waals surface area contributed by atoms with Crippen molar-refractivity contribution in [1.29, 1.82) is 0 Å². The summed E-state index contributed by atoms with van der Waals surface area (Å²) in [5, 5.41) is 0. The van der Waals surface area contributed by atoms with E-state index in [4.69, 9.17) is 9.47 Å². The second-order valence-electron chi connectivity index (χ2n) is 6.70. The fraction of sp³-hybridized carbons (Fsp3) is 0.400. The Morgan fingerprint density at radius 1 is 1.22 bits per heavy atom. The summed E-state index contributed by atoms with van der Waals surface area (Å²) < 4.78 is 41.3. The van der Waals surface area contributed by atoms with Gasteiger partial charge in [-0.1, -0.05) is 32.0 Å². The second kappa shape index (κ2) is 7.97. The van der Waals surface area contributed by atoms with Crippen LogP contribution in [0.5, 0.6) is 11.5 Å². The van der Waals surface area contributed by atoms with Crippen LogP contribution in [0.4, 0.5) is 0 Å². The Balaban J connectivity index is 1.96. The van der Waals surface area contributed by atoms with E-state index in [1.165, 1.54) is 0 Å². The van der Waals surface area contributed by atoms with Crippen LogP contribution in [0.2, 0.25) is 0 Å². The zero-order chi connectivity index (χ0) is 19.7. The number of ether oxygens (including phenoxy) is 2. The summed E-state index contributed by atoms with van der Waals surface area (Å²) in [6.45, 7) is 4.16. The molecule has 0 bridgehead atoms. The molecule has 2 aromatic carbocycles. The fourth-order valence-electron chi connectivity index (χ4n) is 3.48. The van der Waals surface area contributed by atoms with E-state index in [2.05, 4.69) is 41.2 Å². The van der Waals surface area contributed by atoms with Crippen molar-refractivity contribution in [3.05, 3.63) is 51.6 Å². The van der Waals surface area contributed by atoms with E-state index < -0.39 is 10.0 Å². The molecule has 0 saturated heterocycles. The Morgan fingerprint density at radius 3 is 2.56 bits per heavy atom. The first-order chi connectivity index (χ1) is 12.8. The zero-order valence-corrected chi connectivity index (χ0v) is 18.6. The quantitative estimate of drug-likeness (QED) is 0.585. The molecule has 1 N–H and O–H groups in total. The maximum atomic E-state index is 13.1. The van der Waals surface area contributed by atoms with Gasteiger partial charge in [0.2, 0.25) is 10.0 Å². The normalized spacial score (nSPS) is 18.4. The number of sulfonamides is 1. The third-order valence-corrected chi connectivity index (χ3v) is 7.53. The highest BCUT2D eigenvalue weighted by Crippen LogP contribution is 2.43. The lowest BCUT2D eigenvalue weighted by molar-refractivity contribution is 0.0260. The van der Waals surface area contributed by atoms with E-state index in [1.807, 2.05) is 24.3 Å². The minimum absolute atomic E-state index is 0.232. The number of fused-ring (bicyclic) bond motifs is 1. The van der Waals surface area contributed by atoms with Crippen molar-refractivity contribution in [3.63, 3.8) is 0 Å². The van der Waals surface area contributed by atoms with Crippen molar-refractivity contribution >= 4 is 32.6 Å². The van der Waals surface area contributed by atoms with Gasteiger partial charge in [0, 0.05) is 12.0 Å². The van der Waals surface area contributed by atoms with Crippen molar-refractivity contribution in [2.45, 2.75) is 49.6 Å². The van der Waals surface area contributed by atoms with E-state index >= 15 is 0 Å². The van der Waals surface area contributed by atoms with Gasteiger partial charge in [-0.25, -0.2) is 13.1 Å². The van der Waals surface area contributed by atoms with Gasteiger partial charge in [0.25, 0.3) is 0 Å². The number of nitrogens with one attached hydrogen (secondary N) is 1. The predicted molar refractivity (Wildman–Crippen MR) is 114 cm³/mol. The minimum Gasteiger partial charge on any atom is -0.496 e. The van der Waals surface area contributed by atoms with Crippen molar-refractivity contribution in [3.8, 4) is 11.5 Å². The SMILES string of the molecule is CCC1(CC)C[C@H](NS(=O)(=O)c2ccc(OC)c(I)c2)c2ccccc2O1. The van der Waals surface area contributed by atoms with E-state index in [9.17, 15) is 8.42 Å². The summed E-state index contributed by atoms with van der Waals surface area (Å²) in [5.74, 6) is 1.41. The summed E-state index contributed by atoms with van der Waals surface area (Å²) >= 11 is 2.08. The van der Waals surface area contributed by atoms with E-state index in [1.54, 1.807) is 25.3 Å². The Bertz CT molecular complexity index is 925. The molecule has 1 heterocycles. The first-order valence-corrected chi connectivity index (χ1v) is 11.5. The molecular formula is C20H24INO4S. The molecule has 1 atom stereocenters. The average Bonchev–Trinajstić information content (AvgIpc) is 2.67. The topological polar surface area (TPSA) is 64.6 Å². The molecule has 5 nitrogen and oxygen atoms in total. The molecule has 7 heteroatoms. The third-order valence-electron chi connectivity index (χ3n) is 5.22. The van der Waals surface area contributed by atoms with Gasteiger partial charge in [-0.15, -0.1) is 0 Å². The number of methoxy groups -OCH3 is 1. The van der Waals surface area contributed by atoms with Crippen molar-refractivity contribution in [2.75, 3.05) is 7.11 Å². The molecule has 1 aliphatic heterocycles. The van der Waals surface area contributed by atoms with Crippen LogP contribution in [-0.2, 0) is 10.0 Å². The molecule has 146 valence electrons. The summed E-state index contributed by atoms with van der Waals surface area (Å²) in [6, 6.07) is 12.2. The molecule has 0 amide bonds. The summed E-state index contributed by atoms with van der Waals surface area (Å²) in [4.78, 5) is 0.232. The number of hydrogen-bond donors (Lipinski definition) is 1. The van der Waals surface area contributed by atoms with E-state index in [-0.39, 0.29) is 16.5 Å². The van der Waals surface area contributed by atoms with Gasteiger partial charge in [0.05, 0.1) is 21.6 Å². The molecule has 0 aliphatic carbocycles. The molecule has 0 saturated carbocycles. The molecule has 0 unspecified atom stereocenters. The van der Waals surface area contributed by atoms with Crippen molar-refractivity contribution in [2.24, 2.45) is 0 Å². The van der Waals surface area contributed by atoms with Crippen LogP contribution in [0.3, 0.4) is 0 Å². The van der Waals surface area contributed by atoms with Crippen LogP contribution in [0.15, 0.2) is 47.4 Å². The maximum absolute atomic E-state index is 13.1. The van der Waals surface area contributed by atoms with Crippen molar-refractivity contribution < 1.29 is 17.9 Å². The van der Waals surface area contributed by atoms with Gasteiger partial charge < -0.3 is 9.47 Å². The maximum Gasteiger partial charge on any atom is 0.241 e. The zero-order valence-electron chi connectivity index (χ0n) is 15.7. The lowest BCUT2D eigenvalue weighted by Crippen LogP contribution is -2.44. The molecule has 0 aromatic heterocycles. The summed E-state index contributed by atoms with van der Waals surface area (Å²) in [7, 11) is -2.12. The first-order valence-electron chi connectivity index (χ1n) is 8.98. The highest BCUT2D eigenvalue weighted by molar-refractivity contribution is 14.1. The van der Waals surface area contributed by atoms with Crippen LogP contribution < -0.4 is 14.2 Å². The van der Waals surface area contributed by atoms with Gasteiger partial charge in [-0.2, -0.15) is 0 Å². The smallest absolute Gasteiger partial charge is 0.241 e. The lowest BCUT2D eigenvalue weighted by Gasteiger charge is -2.41. The van der Waals surface area contributed by atoms with Crippen molar-refractivity contribution in [1.82, 2.24) is 4.72 Å². The fourth-order valence-corrected chi connectivity index (χ4v) is 5.66. The molecule has 0 spiro atoms. The highest BCUT2D eigenvalue weighted by Gasteiger charge is 2.40. The van der Waals surface area contributed by atoms with Crippen LogP contribution in [0.25, 0.3) is 0 Å². The number of para-hydroxylation sites is 1. The number of rotatable bonds is 6. The standard InChI is InChI=1S/C20H24INO4S/c1-4-20(5-2)13-17(15-8-6-7-9-18(15)26-20)22-27(23,24)14-10-11-19(25-3)16(21)12-14/h6-12,17,22H,4-5,13H2,1-3H3/t17-/m0/s1. The number of benzene rings is 2. The number of halogens is 1. The predicted octanol–water partition coefficient (Wildman–Crippen LogP) is 4.66. The third kappa shape index (κ3) is 4.09. The largest absolute Gasteiger partial charge is 0.496 e. The summed E-state index contributed by atoms with van der Waals surface area (Å²) in [5.41, 5.74) is 0.511. The van der Waals surface area contributed by atoms with Gasteiger partial charge in [0.1, 0.15) is 17.1 Å². The van der Waals surface area contributed by atoms with Gasteiger partial charge in [-0.05, 0) is 59.7 Å². The van der Waals surface area contributed by atoms with E-state index in [0.717, 1.165) is 27.7 Å². The molecule has 1 aliphatic rings. The molecular weight excluding hydrogens is 477 g/mol. The Morgan fingerprint density at radius 2 is 1.93 bits per heavy atom. The highest BCUT2D eigenvalue weighted by atomic mass is 127. The molecule has 27 heavy (non-hydrogen) atoms. The Kier molecular flexibility index (Phi) is 6.02. The second-order valence-corrected chi connectivity index (χ2v) is 9.58. The Hall–Kier alpha value is -1.32. The average molecular weight is 501 g/mol. The van der Waals surface area contributed by atoms with E-state index in [0.29, 0.717) is 12.2 Å². The van der Waals surface area contributed by atoms with Crippen LogP contribution in [-0.4, -0.2) is 21.1 Å². The monoisotopic (exact) mass is 501 g/mol. The van der Waals surface area contributed by atoms with Gasteiger partial charge in [0.15, 0.2) is 0 Å². The number of hydrogen-bond acceptors (Lipinski definition) is 4. The first kappa shape index (κ1) is 20.4. The van der Waals surface area contributed by atoms with Crippen LogP contribution in [0.1, 0.15) is 44.7 Å². The molecule has 0 fully saturated rings. The van der Waals surface area contributed by atoms with Crippen LogP contribution >= 0.6 is 22.6 Å². The molecule has 2 aromatic rings. The minimum atomic E-state index is -3.68. The van der Waals surface area contributed by atoms with Gasteiger partial charge in [-0.3, -0.25) is 0 Å². The lowest BCUT2D eigenvalue weighted by atomic mass is 9.84.